The molecular formula is C15H26N2O3S2. The van der Waals surface area contributed by atoms with E-state index >= 15 is 0 Å². The van der Waals surface area contributed by atoms with E-state index in [9.17, 15) is 13.2 Å². The summed E-state index contributed by atoms with van der Waals surface area (Å²) in [5.41, 5.74) is 0. The van der Waals surface area contributed by atoms with Gasteiger partial charge in [-0.2, -0.15) is 11.8 Å². The fraction of sp³-hybridized carbons (Fsp3) is 0.933. The highest BCUT2D eigenvalue weighted by Crippen LogP contribution is 2.39. The van der Waals surface area contributed by atoms with Crippen molar-refractivity contribution in [3.05, 3.63) is 0 Å². The van der Waals surface area contributed by atoms with Gasteiger partial charge in [0.25, 0.3) is 0 Å². The van der Waals surface area contributed by atoms with Gasteiger partial charge < -0.3 is 10.2 Å². The van der Waals surface area contributed by atoms with E-state index in [-0.39, 0.29) is 11.9 Å². The molecule has 2 aliphatic heterocycles. The number of sulfone groups is 1. The van der Waals surface area contributed by atoms with E-state index in [1.54, 1.807) is 0 Å². The van der Waals surface area contributed by atoms with Crippen LogP contribution in [-0.4, -0.2) is 66.9 Å². The number of rotatable bonds is 2. The smallest absolute Gasteiger partial charge is 0.244 e. The SMILES string of the molecule is CS(=O)(=O)C1(C(=O)N2CCSC3CCCCC32)CCNCC1. The second-order valence-electron chi connectivity index (χ2n) is 6.78. The molecule has 1 saturated carbocycles. The summed E-state index contributed by atoms with van der Waals surface area (Å²) in [6.07, 6.45) is 6.63. The average Bonchev–Trinajstić information content (AvgIpc) is 2.53. The minimum absolute atomic E-state index is 0.117. The maximum Gasteiger partial charge on any atom is 0.244 e. The molecular weight excluding hydrogens is 320 g/mol. The molecule has 3 aliphatic rings. The van der Waals surface area contributed by atoms with Gasteiger partial charge in [-0.05, 0) is 38.8 Å². The van der Waals surface area contributed by atoms with Gasteiger partial charge in [0.05, 0.1) is 0 Å². The van der Waals surface area contributed by atoms with Crippen LogP contribution in [0.1, 0.15) is 38.5 Å². The number of nitrogens with one attached hydrogen (secondary N) is 1. The van der Waals surface area contributed by atoms with Gasteiger partial charge in [-0.1, -0.05) is 12.8 Å². The topological polar surface area (TPSA) is 66.5 Å². The molecule has 1 amide bonds. The number of hydrogen-bond acceptors (Lipinski definition) is 5. The minimum atomic E-state index is -3.41. The van der Waals surface area contributed by atoms with Crippen molar-refractivity contribution < 1.29 is 13.2 Å². The van der Waals surface area contributed by atoms with E-state index in [1.165, 1.54) is 12.7 Å². The zero-order valence-electron chi connectivity index (χ0n) is 13.2. The summed E-state index contributed by atoms with van der Waals surface area (Å²) in [6, 6.07) is 0.244. The van der Waals surface area contributed by atoms with Gasteiger partial charge in [0.2, 0.25) is 5.91 Å². The van der Waals surface area contributed by atoms with E-state index in [4.69, 9.17) is 0 Å². The molecule has 2 heterocycles. The molecule has 0 bridgehead atoms. The fourth-order valence-corrected chi connectivity index (χ4v) is 7.01. The van der Waals surface area contributed by atoms with E-state index in [0.717, 1.165) is 25.0 Å². The van der Waals surface area contributed by atoms with Crippen molar-refractivity contribution in [3.63, 3.8) is 0 Å². The quantitative estimate of drug-likeness (QED) is 0.809. The van der Waals surface area contributed by atoms with Gasteiger partial charge in [0.1, 0.15) is 0 Å². The number of thioether (sulfide) groups is 1. The van der Waals surface area contributed by atoms with Crippen molar-refractivity contribution >= 4 is 27.5 Å². The summed E-state index contributed by atoms with van der Waals surface area (Å²) in [5, 5.41) is 3.69. The number of fused-ring (bicyclic) bond motifs is 1. The summed E-state index contributed by atoms with van der Waals surface area (Å²) >= 11 is 1.97. The van der Waals surface area contributed by atoms with Crippen LogP contribution in [0.15, 0.2) is 0 Å². The molecule has 7 heteroatoms. The molecule has 126 valence electrons. The van der Waals surface area contributed by atoms with Crippen LogP contribution in [0, 0.1) is 0 Å². The molecule has 1 N–H and O–H groups in total. The Morgan fingerprint density at radius 1 is 1.23 bits per heavy atom. The zero-order valence-corrected chi connectivity index (χ0v) is 14.8. The van der Waals surface area contributed by atoms with Crippen molar-refractivity contribution in [1.29, 1.82) is 0 Å². The lowest BCUT2D eigenvalue weighted by Gasteiger charge is -2.47. The molecule has 3 fully saturated rings. The van der Waals surface area contributed by atoms with Crippen LogP contribution in [0.5, 0.6) is 0 Å². The zero-order chi connectivity index (χ0) is 15.8. The molecule has 2 atom stereocenters. The lowest BCUT2D eigenvalue weighted by Crippen LogP contribution is -2.63. The first kappa shape index (κ1) is 16.6. The second kappa shape index (κ2) is 6.32. The van der Waals surface area contributed by atoms with Crippen molar-refractivity contribution in [2.75, 3.05) is 31.6 Å². The Morgan fingerprint density at radius 3 is 2.59 bits per heavy atom. The number of carbonyl (C=O) groups is 1. The predicted octanol–water partition coefficient (Wildman–Crippen LogP) is 1.04. The van der Waals surface area contributed by atoms with Crippen molar-refractivity contribution in [3.8, 4) is 0 Å². The summed E-state index contributed by atoms with van der Waals surface area (Å²) < 4.78 is 23.8. The minimum Gasteiger partial charge on any atom is -0.336 e. The molecule has 0 aromatic rings. The summed E-state index contributed by atoms with van der Waals surface area (Å²) in [4.78, 5) is 15.2. The molecule has 1 aliphatic carbocycles. The maximum absolute atomic E-state index is 13.3. The predicted molar refractivity (Wildman–Crippen MR) is 89.9 cm³/mol. The van der Waals surface area contributed by atoms with Crippen LogP contribution in [0.2, 0.25) is 0 Å². The number of carbonyl (C=O) groups excluding carboxylic acids is 1. The van der Waals surface area contributed by atoms with Crippen LogP contribution in [0.4, 0.5) is 0 Å². The third-order valence-corrected chi connectivity index (χ3v) is 8.90. The summed E-state index contributed by atoms with van der Waals surface area (Å²) in [6.45, 7) is 1.92. The Balaban J connectivity index is 1.89. The van der Waals surface area contributed by atoms with Crippen LogP contribution < -0.4 is 5.32 Å². The monoisotopic (exact) mass is 346 g/mol. The van der Waals surface area contributed by atoms with Crippen molar-refractivity contribution in [1.82, 2.24) is 10.2 Å². The lowest BCUT2D eigenvalue weighted by atomic mass is 9.90. The molecule has 5 nitrogen and oxygen atoms in total. The van der Waals surface area contributed by atoms with Gasteiger partial charge in [-0.3, -0.25) is 4.79 Å². The van der Waals surface area contributed by atoms with E-state index in [2.05, 4.69) is 5.32 Å². The molecule has 0 aromatic carbocycles. The first-order valence-corrected chi connectivity index (χ1v) is 11.2. The van der Waals surface area contributed by atoms with Crippen molar-refractivity contribution in [2.24, 2.45) is 0 Å². The van der Waals surface area contributed by atoms with Gasteiger partial charge in [0.15, 0.2) is 14.6 Å². The highest BCUT2D eigenvalue weighted by Gasteiger charge is 2.52. The Kier molecular flexibility index (Phi) is 4.76. The Bertz CT molecular complexity index is 527. The van der Waals surface area contributed by atoms with Gasteiger partial charge >= 0.3 is 0 Å². The maximum atomic E-state index is 13.3. The van der Waals surface area contributed by atoms with Crippen LogP contribution >= 0.6 is 11.8 Å². The van der Waals surface area contributed by atoms with Crippen molar-refractivity contribution in [2.45, 2.75) is 54.6 Å². The normalized spacial score (nSPS) is 32.3. The summed E-state index contributed by atoms with van der Waals surface area (Å²) in [5.74, 6) is 0.819. The molecule has 0 radical (unpaired) electrons. The Morgan fingerprint density at radius 2 is 1.91 bits per heavy atom. The third-order valence-electron chi connectivity index (χ3n) is 5.50. The highest BCUT2D eigenvalue weighted by atomic mass is 32.2. The highest BCUT2D eigenvalue weighted by molar-refractivity contribution is 8.00. The molecule has 22 heavy (non-hydrogen) atoms. The number of hydrogen-bond donors (Lipinski definition) is 1. The summed E-state index contributed by atoms with van der Waals surface area (Å²) in [7, 11) is -3.41. The van der Waals surface area contributed by atoms with Crippen LogP contribution in [-0.2, 0) is 14.6 Å². The van der Waals surface area contributed by atoms with E-state index in [0.29, 0.717) is 37.7 Å². The fourth-order valence-electron chi connectivity index (χ4n) is 4.18. The van der Waals surface area contributed by atoms with Gasteiger partial charge in [0, 0.05) is 29.8 Å². The number of nitrogens with zero attached hydrogens (tertiary/aromatic N) is 1. The lowest BCUT2D eigenvalue weighted by molar-refractivity contribution is -0.137. The molecule has 3 rings (SSSR count). The third kappa shape index (κ3) is 2.80. The van der Waals surface area contributed by atoms with Gasteiger partial charge in [-0.25, -0.2) is 8.42 Å². The second-order valence-corrected chi connectivity index (χ2v) is 10.4. The number of piperidine rings is 1. The first-order chi connectivity index (χ1) is 10.5. The van der Waals surface area contributed by atoms with E-state index < -0.39 is 14.6 Å². The van der Waals surface area contributed by atoms with Crippen LogP contribution in [0.25, 0.3) is 0 Å². The Labute approximate surface area is 137 Å². The molecule has 0 spiro atoms. The van der Waals surface area contributed by atoms with Crippen LogP contribution in [0.3, 0.4) is 0 Å². The molecule has 2 unspecified atom stereocenters. The standard InChI is InChI=1S/C15H26N2O3S2/c1-22(19,20)15(6-8-16-9-7-15)14(18)17-10-11-21-13-5-3-2-4-12(13)17/h12-13,16H,2-11H2,1H3. The number of amides is 1. The first-order valence-electron chi connectivity index (χ1n) is 8.29. The van der Waals surface area contributed by atoms with E-state index in [1.807, 2.05) is 16.7 Å². The van der Waals surface area contributed by atoms with Gasteiger partial charge in [-0.15, -0.1) is 0 Å². The molecule has 0 aromatic heterocycles. The largest absolute Gasteiger partial charge is 0.336 e. The average molecular weight is 347 g/mol. The Hall–Kier alpha value is -0.270. The molecule has 2 saturated heterocycles.